The molecule has 0 bridgehead atoms. The fourth-order valence-electron chi connectivity index (χ4n) is 2.92. The first-order chi connectivity index (χ1) is 12.8. The largest absolute Gasteiger partial charge is 0.480 e. The highest BCUT2D eigenvalue weighted by Gasteiger charge is 2.31. The summed E-state index contributed by atoms with van der Waals surface area (Å²) in [7, 11) is 1.47. The Morgan fingerprint density at radius 1 is 1.33 bits per heavy atom. The molecule has 2 N–H and O–H groups in total. The Morgan fingerprint density at radius 3 is 2.74 bits per heavy atom. The van der Waals surface area contributed by atoms with Crippen molar-refractivity contribution < 1.29 is 18.7 Å². The molecule has 140 valence electrons. The maximum absolute atomic E-state index is 14.5. The normalized spacial score (nSPS) is 19.0. The molecule has 7 nitrogen and oxygen atoms in total. The zero-order valence-electron chi connectivity index (χ0n) is 15.2. The van der Waals surface area contributed by atoms with Crippen LogP contribution in [0.15, 0.2) is 47.4 Å². The SMILES string of the molecule is COc1cnc(C(=O)Cc2ccc(F)c([C@]3(C)C=C(C)OC(N)=N3)c2)cn1. The number of allylic oxidation sites excluding steroid dienone is 1. The van der Waals surface area contributed by atoms with Crippen LogP contribution in [-0.4, -0.2) is 28.9 Å². The van der Waals surface area contributed by atoms with E-state index in [2.05, 4.69) is 15.0 Å². The molecule has 27 heavy (non-hydrogen) atoms. The van der Waals surface area contributed by atoms with Crippen molar-refractivity contribution in [3.05, 3.63) is 65.1 Å². The number of carbonyl (C=O) groups is 1. The van der Waals surface area contributed by atoms with E-state index in [9.17, 15) is 9.18 Å². The average Bonchev–Trinajstić information content (AvgIpc) is 2.62. The van der Waals surface area contributed by atoms with Crippen molar-refractivity contribution in [2.45, 2.75) is 25.8 Å². The Kier molecular flexibility index (Phi) is 4.89. The molecule has 0 spiro atoms. The van der Waals surface area contributed by atoms with E-state index >= 15 is 0 Å². The Hall–Kier alpha value is -3.29. The zero-order valence-corrected chi connectivity index (χ0v) is 15.2. The standard InChI is InChI=1S/C19H19FN4O3/c1-11-8-19(2,24-18(21)27-11)13-6-12(4-5-14(13)20)7-16(25)15-9-23-17(26-3)10-22-15/h4-6,8-10H,7H2,1-3H3,(H2,21,24)/t19-/m0/s1. The number of hydrogen-bond donors (Lipinski definition) is 1. The summed E-state index contributed by atoms with van der Waals surface area (Å²) in [6.07, 6.45) is 4.45. The van der Waals surface area contributed by atoms with E-state index in [1.165, 1.54) is 25.6 Å². The number of halogens is 1. The van der Waals surface area contributed by atoms with Crippen molar-refractivity contribution in [2.75, 3.05) is 7.11 Å². The van der Waals surface area contributed by atoms with Gasteiger partial charge in [-0.25, -0.2) is 19.4 Å². The molecule has 8 heteroatoms. The third kappa shape index (κ3) is 3.94. The highest BCUT2D eigenvalue weighted by molar-refractivity contribution is 5.95. The lowest BCUT2D eigenvalue weighted by atomic mass is 9.89. The predicted octanol–water partition coefficient (Wildman–Crippen LogP) is 2.51. The molecule has 1 aromatic heterocycles. The summed E-state index contributed by atoms with van der Waals surface area (Å²) in [6.45, 7) is 3.44. The molecule has 2 heterocycles. The zero-order chi connectivity index (χ0) is 19.6. The van der Waals surface area contributed by atoms with E-state index in [0.29, 0.717) is 22.8 Å². The number of benzene rings is 1. The lowest BCUT2D eigenvalue weighted by Crippen LogP contribution is -2.30. The number of amidine groups is 1. The second kappa shape index (κ2) is 7.14. The van der Waals surface area contributed by atoms with Crippen LogP contribution in [0.5, 0.6) is 5.88 Å². The minimum Gasteiger partial charge on any atom is -0.480 e. The van der Waals surface area contributed by atoms with Gasteiger partial charge in [-0.15, -0.1) is 0 Å². The molecule has 0 saturated carbocycles. The number of carbonyl (C=O) groups excluding carboxylic acids is 1. The van der Waals surface area contributed by atoms with E-state index in [4.69, 9.17) is 15.2 Å². The van der Waals surface area contributed by atoms with Gasteiger partial charge in [0.15, 0.2) is 5.78 Å². The second-order valence-electron chi connectivity index (χ2n) is 6.31. The maximum Gasteiger partial charge on any atom is 0.288 e. The summed E-state index contributed by atoms with van der Waals surface area (Å²) in [5, 5.41) is 0. The molecule has 0 amide bonds. The number of aliphatic imine (C=N–C) groups is 1. The van der Waals surface area contributed by atoms with Crippen molar-refractivity contribution in [3.63, 3.8) is 0 Å². The van der Waals surface area contributed by atoms with Crippen LogP contribution in [0.4, 0.5) is 4.39 Å². The summed E-state index contributed by atoms with van der Waals surface area (Å²) in [5.41, 5.74) is 5.81. The molecule has 0 fully saturated rings. The molecular formula is C19H19FN4O3. The second-order valence-corrected chi connectivity index (χ2v) is 6.31. The summed E-state index contributed by atoms with van der Waals surface area (Å²) in [4.78, 5) is 24.7. The molecule has 2 aromatic rings. The Morgan fingerprint density at radius 2 is 2.11 bits per heavy atom. The first kappa shape index (κ1) is 18.5. The monoisotopic (exact) mass is 370 g/mol. The summed E-state index contributed by atoms with van der Waals surface area (Å²) in [5.74, 6) is 0.162. The van der Waals surface area contributed by atoms with Crippen LogP contribution in [0.25, 0.3) is 0 Å². The molecule has 0 unspecified atom stereocenters. The Balaban J connectivity index is 1.89. The van der Waals surface area contributed by atoms with Gasteiger partial charge in [0.2, 0.25) is 5.88 Å². The van der Waals surface area contributed by atoms with Crippen molar-refractivity contribution >= 4 is 11.8 Å². The highest BCUT2D eigenvalue weighted by Crippen LogP contribution is 2.34. The molecule has 1 aromatic carbocycles. The summed E-state index contributed by atoms with van der Waals surface area (Å²) < 4.78 is 24.6. The average molecular weight is 370 g/mol. The van der Waals surface area contributed by atoms with Crippen LogP contribution in [0.1, 0.15) is 35.5 Å². The maximum atomic E-state index is 14.5. The Bertz CT molecular complexity index is 920. The molecule has 3 rings (SSSR count). The number of ketones is 1. The first-order valence-electron chi connectivity index (χ1n) is 8.21. The lowest BCUT2D eigenvalue weighted by Gasteiger charge is -2.27. The van der Waals surface area contributed by atoms with Gasteiger partial charge in [0.1, 0.15) is 22.8 Å². The Labute approximate surface area is 155 Å². The van der Waals surface area contributed by atoms with Crippen LogP contribution in [0, 0.1) is 5.82 Å². The number of nitrogens with two attached hydrogens (primary N) is 1. The van der Waals surface area contributed by atoms with E-state index in [0.717, 1.165) is 0 Å². The van der Waals surface area contributed by atoms with Crippen LogP contribution < -0.4 is 10.5 Å². The number of ether oxygens (including phenoxy) is 2. The summed E-state index contributed by atoms with van der Waals surface area (Å²) in [6, 6.07) is 4.44. The minimum atomic E-state index is -1.02. The van der Waals surface area contributed by atoms with Gasteiger partial charge in [-0.05, 0) is 37.6 Å². The number of hydrogen-bond acceptors (Lipinski definition) is 7. The predicted molar refractivity (Wildman–Crippen MR) is 96.8 cm³/mol. The number of Topliss-reactive ketones (excluding diaryl/α,β-unsaturated/α-hetero) is 1. The third-order valence-corrected chi connectivity index (χ3v) is 4.16. The third-order valence-electron chi connectivity index (χ3n) is 4.16. The van der Waals surface area contributed by atoms with Crippen LogP contribution in [0.3, 0.4) is 0 Å². The lowest BCUT2D eigenvalue weighted by molar-refractivity contribution is 0.0987. The van der Waals surface area contributed by atoms with Gasteiger partial charge in [0, 0.05) is 12.0 Å². The van der Waals surface area contributed by atoms with Crippen molar-refractivity contribution in [1.29, 1.82) is 0 Å². The highest BCUT2D eigenvalue weighted by atomic mass is 19.1. The molecule has 1 aliphatic heterocycles. The van der Waals surface area contributed by atoms with Gasteiger partial charge in [-0.2, -0.15) is 0 Å². The van der Waals surface area contributed by atoms with E-state index in [1.54, 1.807) is 32.1 Å². The summed E-state index contributed by atoms with van der Waals surface area (Å²) >= 11 is 0. The topological polar surface area (TPSA) is 99.7 Å². The first-order valence-corrected chi connectivity index (χ1v) is 8.21. The fourth-order valence-corrected chi connectivity index (χ4v) is 2.92. The van der Waals surface area contributed by atoms with Gasteiger partial charge in [-0.3, -0.25) is 4.79 Å². The molecule has 0 radical (unpaired) electrons. The smallest absolute Gasteiger partial charge is 0.288 e. The van der Waals surface area contributed by atoms with Gasteiger partial charge in [0.05, 0.1) is 19.5 Å². The van der Waals surface area contributed by atoms with Crippen molar-refractivity contribution in [3.8, 4) is 5.88 Å². The number of methoxy groups -OCH3 is 1. The van der Waals surface area contributed by atoms with E-state index < -0.39 is 11.4 Å². The molecular weight excluding hydrogens is 351 g/mol. The van der Waals surface area contributed by atoms with E-state index in [-0.39, 0.29) is 23.9 Å². The van der Waals surface area contributed by atoms with Gasteiger partial charge >= 0.3 is 0 Å². The molecule has 1 aliphatic rings. The fraction of sp³-hybridized carbons (Fsp3) is 0.263. The van der Waals surface area contributed by atoms with E-state index in [1.807, 2.05) is 0 Å². The van der Waals surface area contributed by atoms with Crippen molar-refractivity contribution in [2.24, 2.45) is 10.7 Å². The van der Waals surface area contributed by atoms with Crippen LogP contribution in [-0.2, 0) is 16.7 Å². The van der Waals surface area contributed by atoms with Crippen molar-refractivity contribution in [1.82, 2.24) is 9.97 Å². The van der Waals surface area contributed by atoms with Gasteiger partial charge < -0.3 is 15.2 Å². The van der Waals surface area contributed by atoms with Gasteiger partial charge in [-0.1, -0.05) is 6.07 Å². The molecule has 1 atom stereocenters. The number of rotatable bonds is 5. The molecule has 0 saturated heterocycles. The quantitative estimate of drug-likeness (QED) is 0.812. The van der Waals surface area contributed by atoms with Crippen LogP contribution in [0.2, 0.25) is 0 Å². The molecule has 0 aliphatic carbocycles. The number of nitrogens with zero attached hydrogens (tertiary/aromatic N) is 3. The van der Waals surface area contributed by atoms with Crippen LogP contribution >= 0.6 is 0 Å². The minimum absolute atomic E-state index is 0.0353. The number of aromatic nitrogens is 2. The van der Waals surface area contributed by atoms with Gasteiger partial charge in [0.25, 0.3) is 6.02 Å².